The summed E-state index contributed by atoms with van der Waals surface area (Å²) in [6, 6.07) is 5.16. The fourth-order valence-corrected chi connectivity index (χ4v) is 4.50. The molecule has 1 heterocycles. The van der Waals surface area contributed by atoms with Gasteiger partial charge in [-0.05, 0) is 49.6 Å². The van der Waals surface area contributed by atoms with E-state index < -0.39 is 16.1 Å². The van der Waals surface area contributed by atoms with Crippen LogP contribution >= 0.6 is 11.6 Å². The number of sulfonamides is 1. The number of halogens is 1. The first-order valence-corrected chi connectivity index (χ1v) is 10.9. The van der Waals surface area contributed by atoms with Gasteiger partial charge in [0.2, 0.25) is 15.9 Å². The summed E-state index contributed by atoms with van der Waals surface area (Å²) in [5.74, 6) is -0.444. The third kappa shape index (κ3) is 5.67. The maximum absolute atomic E-state index is 12.7. The Hall–Kier alpha value is -1.15. The molecule has 0 aliphatic carbocycles. The summed E-state index contributed by atoms with van der Waals surface area (Å²) in [6.45, 7) is 8.69. The molecule has 2 N–H and O–H groups in total. The SMILES string of the molecule is CCN1CCC(NC(=O)[C@@H](NS(=O)(=O)c2ccc(Cl)cc2)C(C)C)CC1. The van der Waals surface area contributed by atoms with E-state index >= 15 is 0 Å². The molecular weight excluding hydrogens is 374 g/mol. The number of likely N-dealkylation sites (tertiary alicyclic amines) is 1. The van der Waals surface area contributed by atoms with Crippen LogP contribution < -0.4 is 10.0 Å². The third-order valence-corrected chi connectivity index (χ3v) is 6.45. The molecule has 0 saturated carbocycles. The monoisotopic (exact) mass is 401 g/mol. The molecule has 1 fully saturated rings. The molecule has 8 heteroatoms. The molecule has 1 atom stereocenters. The van der Waals surface area contributed by atoms with Gasteiger partial charge in [-0.3, -0.25) is 4.79 Å². The smallest absolute Gasteiger partial charge is 0.241 e. The van der Waals surface area contributed by atoms with Crippen LogP contribution in [-0.2, 0) is 14.8 Å². The zero-order valence-corrected chi connectivity index (χ0v) is 17.1. The average molecular weight is 402 g/mol. The average Bonchev–Trinajstić information content (AvgIpc) is 2.60. The van der Waals surface area contributed by atoms with Crippen LogP contribution in [-0.4, -0.2) is 50.9 Å². The van der Waals surface area contributed by atoms with Crippen molar-refractivity contribution in [3.63, 3.8) is 0 Å². The van der Waals surface area contributed by atoms with Gasteiger partial charge >= 0.3 is 0 Å². The highest BCUT2D eigenvalue weighted by Crippen LogP contribution is 2.16. The molecule has 26 heavy (non-hydrogen) atoms. The van der Waals surface area contributed by atoms with Gasteiger partial charge in [-0.1, -0.05) is 32.4 Å². The third-order valence-electron chi connectivity index (χ3n) is 4.74. The Morgan fingerprint density at radius 2 is 1.81 bits per heavy atom. The zero-order valence-electron chi connectivity index (χ0n) is 15.5. The van der Waals surface area contributed by atoms with Gasteiger partial charge in [-0.2, -0.15) is 4.72 Å². The highest BCUT2D eigenvalue weighted by Gasteiger charge is 2.30. The molecule has 1 saturated heterocycles. The number of rotatable bonds is 7. The van der Waals surface area contributed by atoms with Crippen molar-refractivity contribution in [3.8, 4) is 0 Å². The molecule has 1 aliphatic heterocycles. The lowest BCUT2D eigenvalue weighted by atomic mass is 10.0. The number of amides is 1. The van der Waals surface area contributed by atoms with Gasteiger partial charge in [0, 0.05) is 24.2 Å². The van der Waals surface area contributed by atoms with E-state index in [0.717, 1.165) is 32.5 Å². The molecule has 0 aromatic heterocycles. The predicted octanol–water partition coefficient (Wildman–Crippen LogP) is 2.24. The fourth-order valence-electron chi connectivity index (χ4n) is 3.03. The zero-order chi connectivity index (χ0) is 19.3. The molecule has 0 spiro atoms. The van der Waals surface area contributed by atoms with Crippen molar-refractivity contribution >= 4 is 27.5 Å². The fraction of sp³-hybridized carbons (Fsp3) is 0.611. The summed E-state index contributed by atoms with van der Waals surface area (Å²) in [5.41, 5.74) is 0. The molecule has 1 aromatic carbocycles. The second-order valence-electron chi connectivity index (χ2n) is 7.01. The molecular formula is C18H28ClN3O3S. The van der Waals surface area contributed by atoms with Crippen LogP contribution in [0.3, 0.4) is 0 Å². The Balaban J connectivity index is 2.03. The molecule has 1 aliphatic rings. The first-order chi connectivity index (χ1) is 12.2. The second-order valence-corrected chi connectivity index (χ2v) is 9.16. The normalized spacial score (nSPS) is 18.0. The van der Waals surface area contributed by atoms with Gasteiger partial charge in [-0.25, -0.2) is 8.42 Å². The summed E-state index contributed by atoms with van der Waals surface area (Å²) in [6.07, 6.45) is 1.77. The molecule has 0 radical (unpaired) electrons. The van der Waals surface area contributed by atoms with Crippen LogP contribution in [0.15, 0.2) is 29.2 Å². The quantitative estimate of drug-likeness (QED) is 0.734. The predicted molar refractivity (Wildman–Crippen MR) is 104 cm³/mol. The molecule has 0 unspecified atom stereocenters. The number of benzene rings is 1. The molecule has 2 rings (SSSR count). The highest BCUT2D eigenvalue weighted by molar-refractivity contribution is 7.89. The van der Waals surface area contributed by atoms with Gasteiger partial charge in [-0.15, -0.1) is 0 Å². The highest BCUT2D eigenvalue weighted by atomic mass is 35.5. The lowest BCUT2D eigenvalue weighted by Crippen LogP contribution is -2.53. The van der Waals surface area contributed by atoms with Gasteiger partial charge in [0.15, 0.2) is 0 Å². The Morgan fingerprint density at radius 1 is 1.23 bits per heavy atom. The number of hydrogen-bond acceptors (Lipinski definition) is 4. The van der Waals surface area contributed by atoms with Crippen LogP contribution in [0.4, 0.5) is 0 Å². The maximum atomic E-state index is 12.7. The number of carbonyl (C=O) groups is 1. The van der Waals surface area contributed by atoms with Crippen LogP contribution in [0.25, 0.3) is 0 Å². The molecule has 6 nitrogen and oxygen atoms in total. The second kappa shape index (κ2) is 9.17. The van der Waals surface area contributed by atoms with E-state index in [-0.39, 0.29) is 22.8 Å². The van der Waals surface area contributed by atoms with Crippen molar-refractivity contribution in [1.82, 2.24) is 14.9 Å². The largest absolute Gasteiger partial charge is 0.352 e. The number of nitrogens with zero attached hydrogens (tertiary/aromatic N) is 1. The number of piperidine rings is 1. The van der Waals surface area contributed by atoms with Crippen molar-refractivity contribution in [2.75, 3.05) is 19.6 Å². The summed E-state index contributed by atoms with van der Waals surface area (Å²) in [4.78, 5) is 15.1. The topological polar surface area (TPSA) is 78.5 Å². The molecule has 146 valence electrons. The molecule has 0 bridgehead atoms. The van der Waals surface area contributed by atoms with Gasteiger partial charge in [0.25, 0.3) is 0 Å². The summed E-state index contributed by atoms with van der Waals surface area (Å²) in [5, 5.41) is 3.47. The summed E-state index contributed by atoms with van der Waals surface area (Å²) in [7, 11) is -3.80. The van der Waals surface area contributed by atoms with E-state index in [0.29, 0.717) is 5.02 Å². The van der Waals surface area contributed by atoms with E-state index in [4.69, 9.17) is 11.6 Å². The first kappa shape index (κ1) is 21.2. The van der Waals surface area contributed by atoms with Gasteiger partial charge < -0.3 is 10.2 Å². The van der Waals surface area contributed by atoms with E-state index in [1.165, 1.54) is 24.3 Å². The van der Waals surface area contributed by atoms with Crippen molar-refractivity contribution in [2.45, 2.75) is 50.6 Å². The van der Waals surface area contributed by atoms with E-state index in [1.807, 2.05) is 13.8 Å². The van der Waals surface area contributed by atoms with Crippen molar-refractivity contribution in [1.29, 1.82) is 0 Å². The summed E-state index contributed by atoms with van der Waals surface area (Å²) >= 11 is 5.81. The first-order valence-electron chi connectivity index (χ1n) is 9.03. The Kier molecular flexibility index (Phi) is 7.46. The van der Waals surface area contributed by atoms with Crippen LogP contribution in [0.2, 0.25) is 5.02 Å². The van der Waals surface area contributed by atoms with Crippen molar-refractivity contribution < 1.29 is 13.2 Å². The van der Waals surface area contributed by atoms with Gasteiger partial charge in [0.1, 0.15) is 6.04 Å². The lowest BCUT2D eigenvalue weighted by molar-refractivity contribution is -0.124. The van der Waals surface area contributed by atoms with Crippen LogP contribution in [0.1, 0.15) is 33.6 Å². The minimum Gasteiger partial charge on any atom is -0.352 e. The van der Waals surface area contributed by atoms with E-state index in [9.17, 15) is 13.2 Å². The maximum Gasteiger partial charge on any atom is 0.241 e. The van der Waals surface area contributed by atoms with E-state index in [1.54, 1.807) is 0 Å². The Bertz CT molecular complexity index is 699. The Labute approximate surface area is 161 Å². The lowest BCUT2D eigenvalue weighted by Gasteiger charge is -2.32. The van der Waals surface area contributed by atoms with Crippen molar-refractivity contribution in [3.05, 3.63) is 29.3 Å². The van der Waals surface area contributed by atoms with Gasteiger partial charge in [0.05, 0.1) is 4.90 Å². The van der Waals surface area contributed by atoms with E-state index in [2.05, 4.69) is 21.9 Å². The van der Waals surface area contributed by atoms with Crippen LogP contribution in [0, 0.1) is 5.92 Å². The molecule has 1 aromatic rings. The standard InChI is InChI=1S/C18H28ClN3O3S/c1-4-22-11-9-15(10-12-22)20-18(23)17(13(2)3)21-26(24,25)16-7-5-14(19)6-8-16/h5-8,13,15,17,21H,4,9-12H2,1-3H3,(H,20,23)/t17-/m0/s1. The van der Waals surface area contributed by atoms with Crippen LogP contribution in [0.5, 0.6) is 0 Å². The summed E-state index contributed by atoms with van der Waals surface area (Å²) < 4.78 is 27.7. The Morgan fingerprint density at radius 3 is 2.31 bits per heavy atom. The molecule has 1 amide bonds. The minimum atomic E-state index is -3.80. The number of nitrogens with one attached hydrogen (secondary N) is 2. The minimum absolute atomic E-state index is 0.0894. The number of carbonyl (C=O) groups excluding carboxylic acids is 1. The number of hydrogen-bond donors (Lipinski definition) is 2. The van der Waals surface area contributed by atoms with Crippen molar-refractivity contribution in [2.24, 2.45) is 5.92 Å².